The minimum atomic E-state index is -0.435. The van der Waals surface area contributed by atoms with Gasteiger partial charge in [0.1, 0.15) is 0 Å². The highest BCUT2D eigenvalue weighted by Gasteiger charge is 2.60. The fraction of sp³-hybridized carbons (Fsp3) is 0.440. The van der Waals surface area contributed by atoms with Crippen LogP contribution in [0.1, 0.15) is 55.2 Å². The molecule has 4 bridgehead atoms. The zero-order valence-corrected chi connectivity index (χ0v) is 17.7. The van der Waals surface area contributed by atoms with Crippen molar-refractivity contribution in [3.8, 4) is 0 Å². The highest BCUT2D eigenvalue weighted by Crippen LogP contribution is 2.65. The average molecular weight is 418 g/mol. The van der Waals surface area contributed by atoms with Crippen LogP contribution >= 0.6 is 0 Å². The molecule has 4 fully saturated rings. The molecule has 0 heterocycles. The number of carbonyl (C=O) groups excluding carboxylic acids is 1. The third kappa shape index (κ3) is 3.54. The molecule has 1 N–H and O–H groups in total. The molecule has 0 saturated heterocycles. The molecule has 31 heavy (non-hydrogen) atoms. The summed E-state index contributed by atoms with van der Waals surface area (Å²) in [6.07, 6.45) is 7.84. The topological polar surface area (TPSA) is 84.6 Å². The molecule has 4 aliphatic rings. The van der Waals surface area contributed by atoms with Gasteiger partial charge < -0.3 is 0 Å². The molecule has 6 rings (SSSR count). The number of nitro groups is 1. The van der Waals surface area contributed by atoms with Crippen LogP contribution in [0.15, 0.2) is 53.6 Å². The number of nitrogens with zero attached hydrogens (tertiary/aromatic N) is 2. The van der Waals surface area contributed by atoms with Gasteiger partial charge in [0, 0.05) is 17.7 Å². The second kappa shape index (κ2) is 7.29. The van der Waals surface area contributed by atoms with Crippen molar-refractivity contribution in [3.63, 3.8) is 0 Å². The minimum absolute atomic E-state index is 0.000215. The molecule has 0 spiro atoms. The standard InChI is InChI=1S/C25H27N3O3/c1-17-5-7-21(8-6-17)24-11-19-9-20(12-24)14-25(13-19,16-24)23(29)27-26-15-18-3-2-4-22(10-18)28(30)31/h2-8,10,15,19-20H,9,11-14,16H2,1H3,(H,27,29)/b26-15-/t19-,20+,24?,25?. The molecule has 1 amide bonds. The summed E-state index contributed by atoms with van der Waals surface area (Å²) in [7, 11) is 0. The average Bonchev–Trinajstić information content (AvgIpc) is 2.73. The first-order valence-corrected chi connectivity index (χ1v) is 11.0. The van der Waals surface area contributed by atoms with Gasteiger partial charge in [-0.2, -0.15) is 5.10 Å². The maximum absolute atomic E-state index is 13.4. The van der Waals surface area contributed by atoms with E-state index in [-0.39, 0.29) is 22.4 Å². The Kier molecular flexibility index (Phi) is 4.68. The van der Waals surface area contributed by atoms with E-state index in [1.165, 1.54) is 48.7 Å². The van der Waals surface area contributed by atoms with Crippen molar-refractivity contribution in [3.05, 3.63) is 75.3 Å². The van der Waals surface area contributed by atoms with Crippen molar-refractivity contribution in [1.82, 2.24) is 5.43 Å². The van der Waals surface area contributed by atoms with E-state index < -0.39 is 4.92 Å². The summed E-state index contributed by atoms with van der Waals surface area (Å²) in [6.45, 7) is 2.11. The molecular formula is C25H27N3O3. The first-order chi connectivity index (χ1) is 14.9. The SMILES string of the molecule is Cc1ccc(C23C[C@@H]4C[C@@H](CC(C(=O)N/N=C\c5cccc([N+](=O)[O-])c5)(C4)C2)C3)cc1. The van der Waals surface area contributed by atoms with Crippen LogP contribution < -0.4 is 5.43 Å². The van der Waals surface area contributed by atoms with E-state index in [2.05, 4.69) is 41.7 Å². The maximum Gasteiger partial charge on any atom is 0.270 e. The molecule has 6 nitrogen and oxygen atoms in total. The Labute approximate surface area is 181 Å². The van der Waals surface area contributed by atoms with Crippen LogP contribution in [0.5, 0.6) is 0 Å². The quantitative estimate of drug-likeness (QED) is 0.427. The van der Waals surface area contributed by atoms with E-state index in [0.717, 1.165) is 19.3 Å². The third-order valence-corrected chi connectivity index (χ3v) is 7.67. The second-order valence-electron chi connectivity index (χ2n) is 9.94. The summed E-state index contributed by atoms with van der Waals surface area (Å²) >= 11 is 0. The molecule has 160 valence electrons. The number of rotatable bonds is 5. The minimum Gasteiger partial charge on any atom is -0.273 e. The molecule has 2 aromatic rings. The van der Waals surface area contributed by atoms with Gasteiger partial charge in [-0.05, 0) is 68.3 Å². The first kappa shape index (κ1) is 19.9. The van der Waals surface area contributed by atoms with Gasteiger partial charge in [0.05, 0.1) is 16.6 Å². The Bertz CT molecular complexity index is 1050. The Morgan fingerprint density at radius 3 is 2.52 bits per heavy atom. The smallest absolute Gasteiger partial charge is 0.270 e. The lowest BCUT2D eigenvalue weighted by Gasteiger charge is -2.61. The van der Waals surface area contributed by atoms with Crippen molar-refractivity contribution < 1.29 is 9.72 Å². The van der Waals surface area contributed by atoms with Gasteiger partial charge in [-0.3, -0.25) is 14.9 Å². The summed E-state index contributed by atoms with van der Waals surface area (Å²) in [5.74, 6) is 1.18. The van der Waals surface area contributed by atoms with Gasteiger partial charge in [-0.25, -0.2) is 5.43 Å². The summed E-state index contributed by atoms with van der Waals surface area (Å²) < 4.78 is 0. The van der Waals surface area contributed by atoms with E-state index >= 15 is 0 Å². The Balaban J connectivity index is 1.36. The zero-order valence-electron chi connectivity index (χ0n) is 17.7. The predicted octanol–water partition coefficient (Wildman–Crippen LogP) is 4.89. The summed E-state index contributed by atoms with van der Waals surface area (Å²) in [5.41, 5.74) is 5.75. The summed E-state index contributed by atoms with van der Waals surface area (Å²) in [5, 5.41) is 15.1. The zero-order chi connectivity index (χ0) is 21.6. The molecule has 6 heteroatoms. The lowest BCUT2D eigenvalue weighted by molar-refractivity contribution is -0.384. The fourth-order valence-corrected chi connectivity index (χ4v) is 6.78. The predicted molar refractivity (Wildman–Crippen MR) is 119 cm³/mol. The largest absolute Gasteiger partial charge is 0.273 e. The maximum atomic E-state index is 13.4. The van der Waals surface area contributed by atoms with Crippen molar-refractivity contribution in [1.29, 1.82) is 0 Å². The second-order valence-corrected chi connectivity index (χ2v) is 9.94. The van der Waals surface area contributed by atoms with Crippen molar-refractivity contribution in [2.24, 2.45) is 22.4 Å². The molecule has 0 radical (unpaired) electrons. The normalized spacial score (nSPS) is 31.1. The highest BCUT2D eigenvalue weighted by atomic mass is 16.6. The summed E-state index contributed by atoms with van der Waals surface area (Å²) in [4.78, 5) is 23.9. The Morgan fingerprint density at radius 2 is 1.84 bits per heavy atom. The van der Waals surface area contributed by atoms with Gasteiger partial charge in [0.2, 0.25) is 5.91 Å². The highest BCUT2D eigenvalue weighted by molar-refractivity contribution is 5.86. The van der Waals surface area contributed by atoms with E-state index in [9.17, 15) is 14.9 Å². The van der Waals surface area contributed by atoms with Crippen LogP contribution in [0.25, 0.3) is 0 Å². The van der Waals surface area contributed by atoms with Gasteiger partial charge in [0.25, 0.3) is 5.69 Å². The third-order valence-electron chi connectivity index (χ3n) is 7.67. The molecule has 4 atom stereocenters. The number of aryl methyl sites for hydroxylation is 1. The number of benzene rings is 2. The van der Waals surface area contributed by atoms with Gasteiger partial charge in [-0.1, -0.05) is 42.0 Å². The van der Waals surface area contributed by atoms with Gasteiger partial charge >= 0.3 is 0 Å². The number of hydrogen-bond donors (Lipinski definition) is 1. The first-order valence-electron chi connectivity index (χ1n) is 11.0. The van der Waals surface area contributed by atoms with Crippen LogP contribution in [0.3, 0.4) is 0 Å². The number of nitro benzene ring substituents is 1. The lowest BCUT2D eigenvalue weighted by Crippen LogP contribution is -2.58. The summed E-state index contributed by atoms with van der Waals surface area (Å²) in [6, 6.07) is 15.1. The number of non-ortho nitro benzene ring substituents is 1. The molecule has 4 aliphatic carbocycles. The molecule has 0 aliphatic heterocycles. The number of hydrazone groups is 1. The van der Waals surface area contributed by atoms with Crippen molar-refractivity contribution >= 4 is 17.8 Å². The van der Waals surface area contributed by atoms with Crippen molar-refractivity contribution in [2.45, 2.75) is 50.9 Å². The van der Waals surface area contributed by atoms with Gasteiger partial charge in [0.15, 0.2) is 0 Å². The van der Waals surface area contributed by atoms with Crippen LogP contribution in [-0.2, 0) is 10.2 Å². The van der Waals surface area contributed by atoms with E-state index in [4.69, 9.17) is 0 Å². The molecule has 0 aromatic heterocycles. The van der Waals surface area contributed by atoms with Crippen LogP contribution in [0.4, 0.5) is 5.69 Å². The molecule has 2 aromatic carbocycles. The molecular weight excluding hydrogens is 390 g/mol. The van der Waals surface area contributed by atoms with Gasteiger partial charge in [-0.15, -0.1) is 0 Å². The number of carbonyl (C=O) groups is 1. The Morgan fingerprint density at radius 1 is 1.13 bits per heavy atom. The molecule has 2 unspecified atom stereocenters. The van der Waals surface area contributed by atoms with Crippen LogP contribution in [0, 0.1) is 34.3 Å². The van der Waals surface area contributed by atoms with E-state index in [0.29, 0.717) is 17.4 Å². The monoisotopic (exact) mass is 417 g/mol. The lowest BCUT2D eigenvalue weighted by atomic mass is 9.42. The van der Waals surface area contributed by atoms with E-state index in [1.807, 2.05) is 0 Å². The van der Waals surface area contributed by atoms with Crippen molar-refractivity contribution in [2.75, 3.05) is 0 Å². The fourth-order valence-electron chi connectivity index (χ4n) is 6.78. The molecule has 4 saturated carbocycles. The van der Waals surface area contributed by atoms with Crippen LogP contribution in [0.2, 0.25) is 0 Å². The van der Waals surface area contributed by atoms with E-state index in [1.54, 1.807) is 12.1 Å². The van der Waals surface area contributed by atoms with Crippen LogP contribution in [-0.4, -0.2) is 17.0 Å². The number of hydrogen-bond acceptors (Lipinski definition) is 4. The number of amides is 1. The Hall–Kier alpha value is -3.02. The number of nitrogens with one attached hydrogen (secondary N) is 1.